The summed E-state index contributed by atoms with van der Waals surface area (Å²) < 4.78 is 5.52. The van der Waals surface area contributed by atoms with Crippen LogP contribution in [0.2, 0.25) is 0 Å². The quantitative estimate of drug-likeness (QED) is 0.743. The molecule has 0 saturated carbocycles. The van der Waals surface area contributed by atoms with E-state index in [0.717, 1.165) is 18.6 Å². The molecule has 1 saturated heterocycles. The number of phenols is 1. The van der Waals surface area contributed by atoms with Gasteiger partial charge in [0.25, 0.3) is 0 Å². The smallest absolute Gasteiger partial charge is 0.115 e. The number of ether oxygens (including phenoxy) is 1. The highest BCUT2D eigenvalue weighted by Crippen LogP contribution is 2.14. The highest BCUT2D eigenvalue weighted by molar-refractivity contribution is 5.27. The molecule has 0 radical (unpaired) electrons. The Morgan fingerprint density at radius 3 is 3.07 bits per heavy atom. The molecule has 1 aromatic carbocycles. The van der Waals surface area contributed by atoms with E-state index in [0.29, 0.717) is 11.8 Å². The van der Waals surface area contributed by atoms with Gasteiger partial charge in [0.05, 0.1) is 6.61 Å². The molecule has 76 valence electrons. The van der Waals surface area contributed by atoms with E-state index in [1.165, 1.54) is 0 Å². The van der Waals surface area contributed by atoms with Crippen LogP contribution in [0.3, 0.4) is 0 Å². The summed E-state index contributed by atoms with van der Waals surface area (Å²) in [4.78, 5) is 0. The van der Waals surface area contributed by atoms with E-state index in [1.54, 1.807) is 12.1 Å². The molecule has 0 aliphatic carbocycles. The van der Waals surface area contributed by atoms with Gasteiger partial charge in [-0.25, -0.2) is 0 Å². The standard InChI is InChI=1S/C11H15NO2/c1-8-7-14-11(12-8)6-9-3-2-4-10(13)5-9/h2-5,8,11-13H,6-7H2,1H3. The fourth-order valence-electron chi connectivity index (χ4n) is 1.69. The van der Waals surface area contributed by atoms with E-state index < -0.39 is 0 Å². The Hall–Kier alpha value is -1.06. The van der Waals surface area contributed by atoms with Crippen molar-refractivity contribution in [1.29, 1.82) is 0 Å². The Kier molecular flexibility index (Phi) is 2.70. The van der Waals surface area contributed by atoms with Crippen molar-refractivity contribution in [2.24, 2.45) is 0 Å². The van der Waals surface area contributed by atoms with Gasteiger partial charge in [-0.05, 0) is 24.6 Å². The normalized spacial score (nSPS) is 26.6. The van der Waals surface area contributed by atoms with Gasteiger partial charge in [-0.3, -0.25) is 5.32 Å². The fourth-order valence-corrected chi connectivity index (χ4v) is 1.69. The van der Waals surface area contributed by atoms with Crippen LogP contribution < -0.4 is 5.32 Å². The van der Waals surface area contributed by atoms with Gasteiger partial charge >= 0.3 is 0 Å². The second kappa shape index (κ2) is 3.98. The number of aromatic hydroxyl groups is 1. The van der Waals surface area contributed by atoms with Gasteiger partial charge in [-0.2, -0.15) is 0 Å². The summed E-state index contributed by atoms with van der Waals surface area (Å²) in [5, 5.41) is 12.6. The van der Waals surface area contributed by atoms with Crippen molar-refractivity contribution in [3.63, 3.8) is 0 Å². The molecule has 1 aromatic rings. The van der Waals surface area contributed by atoms with Crippen LogP contribution in [-0.2, 0) is 11.2 Å². The Bertz CT molecular complexity index is 314. The van der Waals surface area contributed by atoms with Crippen molar-refractivity contribution in [1.82, 2.24) is 5.32 Å². The van der Waals surface area contributed by atoms with E-state index in [-0.39, 0.29) is 6.23 Å². The third-order valence-electron chi connectivity index (χ3n) is 2.35. The molecule has 2 rings (SSSR count). The molecule has 0 spiro atoms. The summed E-state index contributed by atoms with van der Waals surface area (Å²) in [6.45, 7) is 2.87. The second-order valence-electron chi connectivity index (χ2n) is 3.76. The van der Waals surface area contributed by atoms with Crippen LogP contribution in [-0.4, -0.2) is 24.0 Å². The zero-order valence-electron chi connectivity index (χ0n) is 8.23. The molecule has 2 unspecified atom stereocenters. The molecular formula is C11H15NO2. The lowest BCUT2D eigenvalue weighted by Crippen LogP contribution is -2.29. The average molecular weight is 193 g/mol. The van der Waals surface area contributed by atoms with E-state index in [4.69, 9.17) is 4.74 Å². The first-order chi connectivity index (χ1) is 6.74. The number of nitrogens with one attached hydrogen (secondary N) is 1. The fraction of sp³-hybridized carbons (Fsp3) is 0.455. The first-order valence-corrected chi connectivity index (χ1v) is 4.89. The molecule has 3 nitrogen and oxygen atoms in total. The number of hydrogen-bond acceptors (Lipinski definition) is 3. The number of hydrogen-bond donors (Lipinski definition) is 2. The van der Waals surface area contributed by atoms with E-state index in [2.05, 4.69) is 12.2 Å². The zero-order valence-corrected chi connectivity index (χ0v) is 8.23. The molecule has 2 N–H and O–H groups in total. The largest absolute Gasteiger partial charge is 0.508 e. The van der Waals surface area contributed by atoms with Crippen LogP contribution in [0.25, 0.3) is 0 Å². The Morgan fingerprint density at radius 1 is 1.57 bits per heavy atom. The third kappa shape index (κ3) is 2.25. The van der Waals surface area contributed by atoms with Gasteiger partial charge < -0.3 is 9.84 Å². The van der Waals surface area contributed by atoms with Crippen LogP contribution in [0, 0.1) is 0 Å². The van der Waals surface area contributed by atoms with Gasteiger partial charge in [0.1, 0.15) is 12.0 Å². The molecule has 1 heterocycles. The highest BCUT2D eigenvalue weighted by Gasteiger charge is 2.20. The number of rotatable bonds is 2. The predicted octanol–water partition coefficient (Wildman–Crippen LogP) is 1.27. The van der Waals surface area contributed by atoms with Crippen LogP contribution in [0.15, 0.2) is 24.3 Å². The van der Waals surface area contributed by atoms with Crippen molar-refractivity contribution >= 4 is 0 Å². The lowest BCUT2D eigenvalue weighted by atomic mass is 10.1. The topological polar surface area (TPSA) is 41.5 Å². The SMILES string of the molecule is CC1COC(Cc2cccc(O)c2)N1. The van der Waals surface area contributed by atoms with E-state index >= 15 is 0 Å². The molecule has 2 atom stereocenters. The van der Waals surface area contributed by atoms with Crippen LogP contribution in [0.1, 0.15) is 12.5 Å². The number of benzene rings is 1. The van der Waals surface area contributed by atoms with Crippen molar-refractivity contribution < 1.29 is 9.84 Å². The summed E-state index contributed by atoms with van der Waals surface area (Å²) in [6.07, 6.45) is 0.894. The molecule has 0 aromatic heterocycles. The summed E-state index contributed by atoms with van der Waals surface area (Å²) in [5.41, 5.74) is 1.09. The van der Waals surface area contributed by atoms with Gasteiger partial charge in [-0.15, -0.1) is 0 Å². The van der Waals surface area contributed by atoms with Gasteiger partial charge in [0.15, 0.2) is 0 Å². The van der Waals surface area contributed by atoms with Gasteiger partial charge in [0, 0.05) is 12.5 Å². The molecule has 3 heteroatoms. The summed E-state index contributed by atoms with van der Waals surface area (Å²) >= 11 is 0. The molecule has 0 amide bonds. The lowest BCUT2D eigenvalue weighted by molar-refractivity contribution is 0.101. The maximum absolute atomic E-state index is 9.28. The lowest BCUT2D eigenvalue weighted by Gasteiger charge is -2.10. The maximum Gasteiger partial charge on any atom is 0.115 e. The monoisotopic (exact) mass is 193 g/mol. The first-order valence-electron chi connectivity index (χ1n) is 4.89. The molecule has 1 aliphatic heterocycles. The first kappa shape index (κ1) is 9.49. The Labute approximate surface area is 83.7 Å². The van der Waals surface area contributed by atoms with E-state index in [1.807, 2.05) is 12.1 Å². The maximum atomic E-state index is 9.28. The Morgan fingerprint density at radius 2 is 2.43 bits per heavy atom. The Balaban J connectivity index is 1.97. The summed E-state index contributed by atoms with van der Waals surface area (Å²) in [6, 6.07) is 7.72. The minimum absolute atomic E-state index is 0.0896. The zero-order chi connectivity index (χ0) is 9.97. The van der Waals surface area contributed by atoms with Crippen molar-refractivity contribution in [2.75, 3.05) is 6.61 Å². The van der Waals surface area contributed by atoms with Crippen LogP contribution >= 0.6 is 0 Å². The highest BCUT2D eigenvalue weighted by atomic mass is 16.5. The van der Waals surface area contributed by atoms with E-state index in [9.17, 15) is 5.11 Å². The predicted molar refractivity (Wildman–Crippen MR) is 54.1 cm³/mol. The van der Waals surface area contributed by atoms with Gasteiger partial charge in [-0.1, -0.05) is 12.1 Å². The minimum atomic E-state index is 0.0896. The summed E-state index contributed by atoms with van der Waals surface area (Å²) in [5.74, 6) is 0.313. The van der Waals surface area contributed by atoms with Crippen molar-refractivity contribution in [2.45, 2.75) is 25.6 Å². The number of phenolic OH excluding ortho intramolecular Hbond substituents is 1. The van der Waals surface area contributed by atoms with Crippen LogP contribution in [0.4, 0.5) is 0 Å². The van der Waals surface area contributed by atoms with Crippen LogP contribution in [0.5, 0.6) is 5.75 Å². The minimum Gasteiger partial charge on any atom is -0.508 e. The summed E-state index contributed by atoms with van der Waals surface area (Å²) in [7, 11) is 0. The van der Waals surface area contributed by atoms with Crippen molar-refractivity contribution in [3.05, 3.63) is 29.8 Å². The molecular weight excluding hydrogens is 178 g/mol. The molecule has 1 aliphatic rings. The third-order valence-corrected chi connectivity index (χ3v) is 2.35. The molecule has 1 fully saturated rings. The van der Waals surface area contributed by atoms with Gasteiger partial charge in [0.2, 0.25) is 0 Å². The second-order valence-corrected chi connectivity index (χ2v) is 3.76. The van der Waals surface area contributed by atoms with Crippen molar-refractivity contribution in [3.8, 4) is 5.75 Å². The molecule has 0 bridgehead atoms. The average Bonchev–Trinajstić information content (AvgIpc) is 2.51. The molecule has 14 heavy (non-hydrogen) atoms.